The molecular weight excluding hydrogens is 284 g/mol. The number of rotatable bonds is 3. The molecule has 1 atom stereocenters. The van der Waals surface area contributed by atoms with Crippen LogP contribution < -0.4 is 10.5 Å². The van der Waals surface area contributed by atoms with E-state index < -0.39 is 5.41 Å². The van der Waals surface area contributed by atoms with Crippen molar-refractivity contribution in [2.75, 3.05) is 6.79 Å². The Morgan fingerprint density at radius 3 is 2.85 bits per heavy atom. The van der Waals surface area contributed by atoms with Crippen molar-refractivity contribution < 1.29 is 18.8 Å². The monoisotopic (exact) mass is 304 g/mol. The number of nitrogens with two attached hydrogens (primary N) is 1. The summed E-state index contributed by atoms with van der Waals surface area (Å²) in [6.45, 7) is 5.16. The van der Waals surface area contributed by atoms with Crippen LogP contribution in [0.4, 0.5) is 0 Å². The van der Waals surface area contributed by atoms with Crippen LogP contribution in [0.3, 0.4) is 0 Å². The number of halogens is 1. The van der Waals surface area contributed by atoms with Crippen molar-refractivity contribution in [3.63, 3.8) is 0 Å². The first-order valence-electron chi connectivity index (χ1n) is 6.43. The van der Waals surface area contributed by atoms with Gasteiger partial charge in [0, 0.05) is 12.5 Å². The van der Waals surface area contributed by atoms with Gasteiger partial charge in [-0.05, 0) is 38.8 Å². The number of ether oxygens (including phenoxy) is 2. The van der Waals surface area contributed by atoms with Crippen molar-refractivity contribution in [2.24, 2.45) is 11.1 Å². The molecule has 0 radical (unpaired) electrons. The molecule has 2 rings (SSSR count). The zero-order valence-corrected chi connectivity index (χ0v) is 12.8. The number of hydrogen-bond donors (Lipinski definition) is 1. The fourth-order valence-electron chi connectivity index (χ4n) is 1.95. The minimum Gasteiger partial charge on any atom is -0.437 e. The molecule has 1 aromatic rings. The van der Waals surface area contributed by atoms with Gasteiger partial charge in [0.15, 0.2) is 0 Å². The molecule has 0 aliphatic heterocycles. The van der Waals surface area contributed by atoms with Crippen LogP contribution >= 0.6 is 12.4 Å². The Morgan fingerprint density at radius 2 is 2.20 bits per heavy atom. The minimum atomic E-state index is -0.553. The molecule has 0 amide bonds. The second kappa shape index (κ2) is 6.45. The molecule has 1 aliphatic carbocycles. The molecule has 0 bridgehead atoms. The molecule has 1 aromatic heterocycles. The predicted octanol–water partition coefficient (Wildman–Crippen LogP) is 2.36. The molecule has 0 saturated carbocycles. The Labute approximate surface area is 124 Å². The van der Waals surface area contributed by atoms with Gasteiger partial charge in [-0.3, -0.25) is 4.79 Å². The van der Waals surface area contributed by atoms with E-state index in [1.54, 1.807) is 20.8 Å². The highest BCUT2D eigenvalue weighted by Gasteiger charge is 2.28. The van der Waals surface area contributed by atoms with Gasteiger partial charge >= 0.3 is 5.97 Å². The van der Waals surface area contributed by atoms with Gasteiger partial charge in [-0.2, -0.15) is 0 Å². The van der Waals surface area contributed by atoms with Gasteiger partial charge in [-0.25, -0.2) is 0 Å². The number of esters is 1. The van der Waals surface area contributed by atoms with Gasteiger partial charge < -0.3 is 19.7 Å². The summed E-state index contributed by atoms with van der Waals surface area (Å²) in [7, 11) is 0. The normalized spacial score (nSPS) is 17.9. The lowest BCUT2D eigenvalue weighted by Crippen LogP contribution is -2.25. The van der Waals surface area contributed by atoms with E-state index in [1.165, 1.54) is 0 Å². The van der Waals surface area contributed by atoms with Crippen molar-refractivity contribution in [3.8, 4) is 5.88 Å². The van der Waals surface area contributed by atoms with E-state index >= 15 is 0 Å². The largest absolute Gasteiger partial charge is 0.437 e. The van der Waals surface area contributed by atoms with E-state index in [0.717, 1.165) is 30.6 Å². The van der Waals surface area contributed by atoms with Crippen LogP contribution in [0.15, 0.2) is 4.52 Å². The summed E-state index contributed by atoms with van der Waals surface area (Å²) in [6, 6.07) is -0.122. The summed E-state index contributed by atoms with van der Waals surface area (Å²) in [5.74, 6) is 0.786. The molecule has 1 unspecified atom stereocenters. The molecule has 0 saturated heterocycles. The number of aryl methyl sites for hydroxylation is 1. The molecular formula is C13H21ClN2O4. The molecule has 20 heavy (non-hydrogen) atoms. The van der Waals surface area contributed by atoms with E-state index in [1.807, 2.05) is 0 Å². The third-order valence-corrected chi connectivity index (χ3v) is 3.06. The number of carbonyl (C=O) groups excluding carboxylic acids is 1. The quantitative estimate of drug-likeness (QED) is 0.681. The van der Waals surface area contributed by atoms with Crippen molar-refractivity contribution in [2.45, 2.75) is 46.1 Å². The minimum absolute atomic E-state index is 0. The Balaban J connectivity index is 0.00000200. The van der Waals surface area contributed by atoms with Crippen LogP contribution in [0.5, 0.6) is 5.88 Å². The Morgan fingerprint density at radius 1 is 1.50 bits per heavy atom. The fraction of sp³-hybridized carbons (Fsp3) is 0.692. The molecule has 0 fully saturated rings. The first-order chi connectivity index (χ1) is 8.89. The van der Waals surface area contributed by atoms with Gasteiger partial charge in [0.25, 0.3) is 5.88 Å². The lowest BCUT2D eigenvalue weighted by molar-refractivity contribution is -0.159. The molecule has 114 valence electrons. The van der Waals surface area contributed by atoms with E-state index in [9.17, 15) is 4.79 Å². The third kappa shape index (κ3) is 3.64. The standard InChI is InChI=1S/C13H20N2O4.ClH/c1-13(2,3)12(16)18-7-17-11-10-8(14)5-4-6-9(10)19-15-11;/h8H,4-7,14H2,1-3H3;1H. The fourth-order valence-corrected chi connectivity index (χ4v) is 1.95. The van der Waals surface area contributed by atoms with Crippen molar-refractivity contribution in [3.05, 3.63) is 11.3 Å². The van der Waals surface area contributed by atoms with Crippen LogP contribution in [0.1, 0.15) is 51.0 Å². The second-order valence-corrected chi connectivity index (χ2v) is 5.77. The maximum atomic E-state index is 11.6. The highest BCUT2D eigenvalue weighted by molar-refractivity contribution is 5.85. The smallest absolute Gasteiger partial charge is 0.314 e. The van der Waals surface area contributed by atoms with Crippen LogP contribution in [0.2, 0.25) is 0 Å². The second-order valence-electron chi connectivity index (χ2n) is 5.77. The van der Waals surface area contributed by atoms with E-state index in [0.29, 0.717) is 5.88 Å². The van der Waals surface area contributed by atoms with Gasteiger partial charge in [0.2, 0.25) is 6.79 Å². The van der Waals surface area contributed by atoms with Crippen LogP contribution in [0.25, 0.3) is 0 Å². The van der Waals surface area contributed by atoms with Crippen molar-refractivity contribution in [1.29, 1.82) is 0 Å². The summed E-state index contributed by atoms with van der Waals surface area (Å²) in [6.07, 6.45) is 2.69. The topological polar surface area (TPSA) is 87.6 Å². The van der Waals surface area contributed by atoms with E-state index in [-0.39, 0.29) is 31.2 Å². The van der Waals surface area contributed by atoms with Crippen LogP contribution in [-0.4, -0.2) is 17.9 Å². The average molecular weight is 305 g/mol. The van der Waals surface area contributed by atoms with E-state index in [4.69, 9.17) is 19.7 Å². The average Bonchev–Trinajstić information content (AvgIpc) is 2.72. The van der Waals surface area contributed by atoms with Crippen LogP contribution in [0, 0.1) is 5.41 Å². The Hall–Kier alpha value is -1.27. The van der Waals surface area contributed by atoms with Gasteiger partial charge in [0.05, 0.1) is 11.0 Å². The summed E-state index contributed by atoms with van der Waals surface area (Å²) < 4.78 is 15.6. The zero-order valence-electron chi connectivity index (χ0n) is 12.0. The van der Waals surface area contributed by atoms with Gasteiger partial charge in [0.1, 0.15) is 5.76 Å². The number of hydrogen-bond acceptors (Lipinski definition) is 6. The number of carbonyl (C=O) groups is 1. The maximum absolute atomic E-state index is 11.6. The lowest BCUT2D eigenvalue weighted by Gasteiger charge is -2.18. The van der Waals surface area contributed by atoms with Gasteiger partial charge in [-0.1, -0.05) is 0 Å². The first-order valence-corrected chi connectivity index (χ1v) is 6.43. The SMILES string of the molecule is CC(C)(C)C(=O)OCOc1noc2c1C(N)CCC2.Cl. The zero-order chi connectivity index (χ0) is 14.0. The lowest BCUT2D eigenvalue weighted by atomic mass is 9.94. The van der Waals surface area contributed by atoms with E-state index in [2.05, 4.69) is 5.16 Å². The maximum Gasteiger partial charge on any atom is 0.314 e. The number of fused-ring (bicyclic) bond motifs is 1. The molecule has 6 nitrogen and oxygen atoms in total. The summed E-state index contributed by atoms with van der Waals surface area (Å²) in [5, 5.41) is 3.84. The molecule has 0 aromatic carbocycles. The summed E-state index contributed by atoms with van der Waals surface area (Å²) in [4.78, 5) is 11.6. The highest BCUT2D eigenvalue weighted by atomic mass is 35.5. The van der Waals surface area contributed by atoms with Crippen molar-refractivity contribution >= 4 is 18.4 Å². The van der Waals surface area contributed by atoms with Crippen LogP contribution in [-0.2, 0) is 16.0 Å². The van der Waals surface area contributed by atoms with Crippen molar-refractivity contribution in [1.82, 2.24) is 5.16 Å². The Kier molecular flexibility index (Phi) is 5.42. The first kappa shape index (κ1) is 16.8. The molecule has 2 N–H and O–H groups in total. The molecule has 1 heterocycles. The predicted molar refractivity (Wildman–Crippen MR) is 74.7 cm³/mol. The molecule has 0 spiro atoms. The molecule has 7 heteroatoms. The number of aromatic nitrogens is 1. The summed E-state index contributed by atoms with van der Waals surface area (Å²) >= 11 is 0. The number of nitrogens with zero attached hydrogens (tertiary/aromatic N) is 1. The highest BCUT2D eigenvalue weighted by Crippen LogP contribution is 2.34. The Bertz CT molecular complexity index is 467. The van der Waals surface area contributed by atoms with Gasteiger partial charge in [-0.15, -0.1) is 12.4 Å². The third-order valence-electron chi connectivity index (χ3n) is 3.06. The molecule has 1 aliphatic rings. The summed E-state index contributed by atoms with van der Waals surface area (Å²) in [5.41, 5.74) is 6.26.